The first-order chi connectivity index (χ1) is 8.88. The van der Waals surface area contributed by atoms with Crippen LogP contribution in [-0.2, 0) is 11.2 Å². The molecule has 0 aliphatic rings. The first-order valence-corrected chi connectivity index (χ1v) is 6.34. The zero-order chi connectivity index (χ0) is 14.4. The van der Waals surface area contributed by atoms with Crippen LogP contribution >= 0.6 is 0 Å². The van der Waals surface area contributed by atoms with Crippen LogP contribution < -0.4 is 15.8 Å². The molecule has 19 heavy (non-hydrogen) atoms. The van der Waals surface area contributed by atoms with Crippen LogP contribution in [-0.4, -0.2) is 24.6 Å². The van der Waals surface area contributed by atoms with Gasteiger partial charge < -0.3 is 15.8 Å². The highest BCUT2D eigenvalue weighted by atomic mass is 19.1. The molecule has 0 aliphatic carbocycles. The second-order valence-electron chi connectivity index (χ2n) is 4.96. The predicted molar refractivity (Wildman–Crippen MR) is 72.5 cm³/mol. The highest BCUT2D eigenvalue weighted by Crippen LogP contribution is 2.19. The highest BCUT2D eigenvalue weighted by Gasteiger charge is 2.09. The molecule has 1 aromatic carbocycles. The molecule has 0 saturated carbocycles. The van der Waals surface area contributed by atoms with Gasteiger partial charge in [0, 0.05) is 12.1 Å². The van der Waals surface area contributed by atoms with Gasteiger partial charge >= 0.3 is 0 Å². The average Bonchev–Trinajstić information content (AvgIpc) is 2.26. The molecule has 0 radical (unpaired) electrons. The van der Waals surface area contributed by atoms with Crippen molar-refractivity contribution in [3.05, 3.63) is 29.6 Å². The van der Waals surface area contributed by atoms with Crippen LogP contribution in [0.1, 0.15) is 26.3 Å². The number of benzene rings is 1. The molecule has 0 heterocycles. The summed E-state index contributed by atoms with van der Waals surface area (Å²) in [5.41, 5.74) is 6.46. The van der Waals surface area contributed by atoms with E-state index in [1.165, 1.54) is 12.1 Å². The summed E-state index contributed by atoms with van der Waals surface area (Å²) in [4.78, 5) is 11.4. The molecule has 106 valence electrons. The van der Waals surface area contributed by atoms with Crippen LogP contribution in [0.2, 0.25) is 0 Å². The summed E-state index contributed by atoms with van der Waals surface area (Å²) in [5.74, 6) is -0.670. The van der Waals surface area contributed by atoms with Gasteiger partial charge in [-0.1, -0.05) is 6.07 Å². The van der Waals surface area contributed by atoms with Gasteiger partial charge in [0.15, 0.2) is 18.2 Å². The maximum Gasteiger partial charge on any atom is 0.258 e. The van der Waals surface area contributed by atoms with Crippen molar-refractivity contribution in [2.45, 2.75) is 39.3 Å². The lowest BCUT2D eigenvalue weighted by atomic mass is 10.1. The molecule has 0 aromatic heterocycles. The Balaban J connectivity index is 2.57. The van der Waals surface area contributed by atoms with E-state index in [1.807, 2.05) is 20.8 Å². The van der Waals surface area contributed by atoms with E-state index in [1.54, 1.807) is 6.07 Å². The molecule has 0 spiro atoms. The summed E-state index contributed by atoms with van der Waals surface area (Å²) in [5, 5.41) is 2.67. The number of amides is 1. The van der Waals surface area contributed by atoms with Gasteiger partial charge in [-0.15, -0.1) is 0 Å². The van der Waals surface area contributed by atoms with Crippen molar-refractivity contribution in [3.63, 3.8) is 0 Å². The molecule has 1 unspecified atom stereocenters. The van der Waals surface area contributed by atoms with Crippen molar-refractivity contribution >= 4 is 5.91 Å². The molecule has 5 heteroatoms. The van der Waals surface area contributed by atoms with Crippen LogP contribution in [0.4, 0.5) is 4.39 Å². The Labute approximate surface area is 113 Å². The number of carbonyl (C=O) groups is 1. The molecule has 0 aliphatic heterocycles. The predicted octanol–water partition coefficient (Wildman–Crippen LogP) is 1.62. The van der Waals surface area contributed by atoms with Crippen LogP contribution in [0.5, 0.6) is 5.75 Å². The maximum absolute atomic E-state index is 13.7. The van der Waals surface area contributed by atoms with E-state index < -0.39 is 5.82 Å². The third kappa shape index (κ3) is 5.70. The molecule has 3 N–H and O–H groups in total. The quantitative estimate of drug-likeness (QED) is 0.824. The van der Waals surface area contributed by atoms with Crippen LogP contribution in [0.15, 0.2) is 18.2 Å². The van der Waals surface area contributed by atoms with Gasteiger partial charge in [-0.3, -0.25) is 4.79 Å². The summed E-state index contributed by atoms with van der Waals surface area (Å²) < 4.78 is 18.9. The van der Waals surface area contributed by atoms with Gasteiger partial charge in [-0.2, -0.15) is 0 Å². The molecule has 4 nitrogen and oxygen atoms in total. The molecule has 1 amide bonds. The largest absolute Gasteiger partial charge is 0.481 e. The second-order valence-corrected chi connectivity index (χ2v) is 4.96. The van der Waals surface area contributed by atoms with Crippen molar-refractivity contribution in [3.8, 4) is 5.75 Å². The Morgan fingerprint density at radius 1 is 1.42 bits per heavy atom. The Hall–Kier alpha value is -1.62. The zero-order valence-electron chi connectivity index (χ0n) is 11.6. The average molecular weight is 268 g/mol. The van der Waals surface area contributed by atoms with Crippen LogP contribution in [0.25, 0.3) is 0 Å². The minimum atomic E-state index is -0.476. The number of hydrogen-bond acceptors (Lipinski definition) is 3. The number of carbonyl (C=O) groups excluding carboxylic acids is 1. The standard InChI is InChI=1S/C14H21FN2O2/c1-9(2)17-14(18)8-19-13-5-4-11(6-10(3)16)7-12(13)15/h4-5,7,9-10H,6,8,16H2,1-3H3,(H,17,18). The van der Waals surface area contributed by atoms with Gasteiger partial charge in [0.05, 0.1) is 0 Å². The normalized spacial score (nSPS) is 12.3. The first-order valence-electron chi connectivity index (χ1n) is 6.34. The smallest absolute Gasteiger partial charge is 0.258 e. The van der Waals surface area contributed by atoms with E-state index in [-0.39, 0.29) is 30.3 Å². The van der Waals surface area contributed by atoms with Gasteiger partial charge in [0.25, 0.3) is 5.91 Å². The number of hydrogen-bond donors (Lipinski definition) is 2. The van der Waals surface area contributed by atoms with E-state index in [4.69, 9.17) is 10.5 Å². The van der Waals surface area contributed by atoms with Crippen LogP contribution in [0, 0.1) is 5.82 Å². The molecule has 1 atom stereocenters. The molecular formula is C14H21FN2O2. The van der Waals surface area contributed by atoms with E-state index in [2.05, 4.69) is 5.32 Å². The van der Waals surface area contributed by atoms with E-state index in [9.17, 15) is 9.18 Å². The highest BCUT2D eigenvalue weighted by molar-refractivity contribution is 5.77. The first kappa shape index (κ1) is 15.4. The lowest BCUT2D eigenvalue weighted by Crippen LogP contribution is -2.34. The Morgan fingerprint density at radius 3 is 2.63 bits per heavy atom. The number of nitrogens with two attached hydrogens (primary N) is 1. The number of ether oxygens (including phenoxy) is 1. The third-order valence-corrected chi connectivity index (χ3v) is 2.36. The van der Waals surface area contributed by atoms with Gasteiger partial charge in [0.1, 0.15) is 0 Å². The number of rotatable bonds is 6. The summed E-state index contributed by atoms with van der Waals surface area (Å²) in [6, 6.07) is 4.67. The topological polar surface area (TPSA) is 64.3 Å². The van der Waals surface area contributed by atoms with Crippen molar-refractivity contribution in [2.24, 2.45) is 5.73 Å². The van der Waals surface area contributed by atoms with E-state index >= 15 is 0 Å². The Kier molecular flexibility index (Phi) is 5.76. The van der Waals surface area contributed by atoms with Gasteiger partial charge in [-0.05, 0) is 44.9 Å². The third-order valence-electron chi connectivity index (χ3n) is 2.36. The van der Waals surface area contributed by atoms with E-state index in [0.29, 0.717) is 6.42 Å². The minimum Gasteiger partial charge on any atom is -0.481 e. The summed E-state index contributed by atoms with van der Waals surface area (Å²) in [6.07, 6.45) is 0.602. The number of halogens is 1. The monoisotopic (exact) mass is 268 g/mol. The molecule has 0 saturated heterocycles. The van der Waals surface area contributed by atoms with Crippen LogP contribution in [0.3, 0.4) is 0 Å². The van der Waals surface area contributed by atoms with Crippen molar-refractivity contribution in [2.75, 3.05) is 6.61 Å². The Morgan fingerprint density at radius 2 is 2.11 bits per heavy atom. The second kappa shape index (κ2) is 7.09. The fourth-order valence-corrected chi connectivity index (χ4v) is 1.67. The van der Waals surface area contributed by atoms with Crippen molar-refractivity contribution < 1.29 is 13.9 Å². The lowest BCUT2D eigenvalue weighted by molar-refractivity contribution is -0.123. The Bertz CT molecular complexity index is 433. The van der Waals surface area contributed by atoms with E-state index in [0.717, 1.165) is 5.56 Å². The summed E-state index contributed by atoms with van der Waals surface area (Å²) in [7, 11) is 0. The lowest BCUT2D eigenvalue weighted by Gasteiger charge is -2.11. The fourth-order valence-electron chi connectivity index (χ4n) is 1.67. The molecule has 1 rings (SSSR count). The summed E-state index contributed by atoms with van der Waals surface area (Å²) >= 11 is 0. The summed E-state index contributed by atoms with van der Waals surface area (Å²) in [6.45, 7) is 5.36. The fraction of sp³-hybridized carbons (Fsp3) is 0.500. The van der Waals surface area contributed by atoms with Crippen molar-refractivity contribution in [1.82, 2.24) is 5.32 Å². The van der Waals surface area contributed by atoms with Crippen molar-refractivity contribution in [1.29, 1.82) is 0 Å². The molecule has 0 fully saturated rings. The number of nitrogens with one attached hydrogen (secondary N) is 1. The molecule has 0 bridgehead atoms. The maximum atomic E-state index is 13.7. The van der Waals surface area contributed by atoms with Gasteiger partial charge in [-0.25, -0.2) is 4.39 Å². The van der Waals surface area contributed by atoms with Gasteiger partial charge in [0.2, 0.25) is 0 Å². The molecular weight excluding hydrogens is 247 g/mol. The molecule has 1 aromatic rings. The SMILES string of the molecule is CC(N)Cc1ccc(OCC(=O)NC(C)C)c(F)c1. The minimum absolute atomic E-state index is 0.0250. The zero-order valence-corrected chi connectivity index (χ0v) is 11.6.